The van der Waals surface area contributed by atoms with Gasteiger partial charge in [0.05, 0.1) is 18.4 Å². The summed E-state index contributed by atoms with van der Waals surface area (Å²) in [4.78, 5) is 41.5. The zero-order valence-electron chi connectivity index (χ0n) is 19.8. The number of hydrogen-bond acceptors (Lipinski definition) is 7. The first-order valence-corrected chi connectivity index (χ1v) is 12.9. The highest BCUT2D eigenvalue weighted by Gasteiger charge is 2.68. The quantitative estimate of drug-likeness (QED) is 0.292. The predicted molar refractivity (Wildman–Crippen MR) is 137 cm³/mol. The smallest absolute Gasteiger partial charge is 0.327 e. The number of rotatable bonds is 9. The number of aliphatic carboxylic acids is 1. The molecule has 3 N–H and O–H groups in total. The maximum atomic E-state index is 13.5. The van der Waals surface area contributed by atoms with Crippen molar-refractivity contribution in [2.24, 2.45) is 11.8 Å². The van der Waals surface area contributed by atoms with Crippen molar-refractivity contribution >= 4 is 29.5 Å². The standard InChI is InChI=1S/C28H26N2O6S/c31-17-28(27(34)35)23-22(25(32)30(26(23)33)15-16-37-21-9-5-2-6-10-21)24(29-28)18-11-13-20(14-12-18)36-19-7-3-1-4-8-19/h1-14,22-24,29,31H,15-17H2,(H,34,35). The molecule has 2 amide bonds. The molecular formula is C28H26N2O6S. The van der Waals surface area contributed by atoms with Crippen LogP contribution in [0.2, 0.25) is 0 Å². The van der Waals surface area contributed by atoms with Gasteiger partial charge in [-0.25, -0.2) is 0 Å². The molecule has 2 aliphatic heterocycles. The van der Waals surface area contributed by atoms with E-state index in [9.17, 15) is 24.6 Å². The van der Waals surface area contributed by atoms with Gasteiger partial charge in [-0.15, -0.1) is 11.8 Å². The monoisotopic (exact) mass is 518 g/mol. The number of hydrogen-bond donors (Lipinski definition) is 3. The number of para-hydroxylation sites is 1. The first-order valence-electron chi connectivity index (χ1n) is 11.9. The number of carbonyl (C=O) groups excluding carboxylic acids is 2. The van der Waals surface area contributed by atoms with Crippen molar-refractivity contribution in [3.63, 3.8) is 0 Å². The molecule has 2 fully saturated rings. The van der Waals surface area contributed by atoms with Gasteiger partial charge >= 0.3 is 5.97 Å². The van der Waals surface area contributed by atoms with Crippen LogP contribution in [-0.4, -0.2) is 57.3 Å². The van der Waals surface area contributed by atoms with Crippen molar-refractivity contribution in [2.45, 2.75) is 16.5 Å². The number of nitrogens with one attached hydrogen (secondary N) is 1. The summed E-state index contributed by atoms with van der Waals surface area (Å²) >= 11 is 1.51. The van der Waals surface area contributed by atoms with E-state index < -0.39 is 47.8 Å². The number of carboxylic acids is 1. The van der Waals surface area contributed by atoms with E-state index in [0.29, 0.717) is 22.8 Å². The molecule has 0 aliphatic carbocycles. The number of aliphatic hydroxyl groups is 1. The van der Waals surface area contributed by atoms with Crippen LogP contribution >= 0.6 is 11.8 Å². The molecule has 37 heavy (non-hydrogen) atoms. The molecule has 4 atom stereocenters. The van der Waals surface area contributed by atoms with Crippen molar-refractivity contribution in [1.29, 1.82) is 0 Å². The van der Waals surface area contributed by atoms with E-state index in [1.54, 1.807) is 24.3 Å². The third-order valence-corrected chi connectivity index (χ3v) is 7.91. The lowest BCUT2D eigenvalue weighted by Crippen LogP contribution is -2.58. The molecule has 3 aromatic carbocycles. The number of carbonyl (C=O) groups is 3. The molecule has 3 aromatic rings. The zero-order chi connectivity index (χ0) is 26.0. The highest BCUT2D eigenvalue weighted by Crippen LogP contribution is 2.49. The highest BCUT2D eigenvalue weighted by molar-refractivity contribution is 7.99. The van der Waals surface area contributed by atoms with Gasteiger partial charge in [0.2, 0.25) is 11.8 Å². The molecule has 2 heterocycles. The van der Waals surface area contributed by atoms with Crippen molar-refractivity contribution < 1.29 is 29.3 Å². The molecule has 2 saturated heterocycles. The normalized spacial score (nSPS) is 24.8. The maximum absolute atomic E-state index is 13.5. The predicted octanol–water partition coefficient (Wildman–Crippen LogP) is 3.33. The Morgan fingerprint density at radius 3 is 2.16 bits per heavy atom. The minimum atomic E-state index is -1.96. The molecule has 4 unspecified atom stereocenters. The third-order valence-electron chi connectivity index (χ3n) is 6.92. The lowest BCUT2D eigenvalue weighted by atomic mass is 9.79. The number of thioether (sulfide) groups is 1. The molecule has 0 radical (unpaired) electrons. The first-order chi connectivity index (χ1) is 17.9. The van der Waals surface area contributed by atoms with Crippen LogP contribution in [0.4, 0.5) is 0 Å². The number of ether oxygens (including phenoxy) is 1. The molecule has 8 nitrogen and oxygen atoms in total. The van der Waals surface area contributed by atoms with E-state index >= 15 is 0 Å². The summed E-state index contributed by atoms with van der Waals surface area (Å²) < 4.78 is 5.83. The second-order valence-electron chi connectivity index (χ2n) is 9.03. The SMILES string of the molecule is O=C1C2C(c3ccc(Oc4ccccc4)cc3)NC(CO)(C(=O)O)C2C(=O)N1CCSc1ccccc1. The van der Waals surface area contributed by atoms with Gasteiger partial charge in [0.15, 0.2) is 5.54 Å². The van der Waals surface area contributed by atoms with E-state index in [4.69, 9.17) is 4.74 Å². The average molecular weight is 519 g/mol. The summed E-state index contributed by atoms with van der Waals surface area (Å²) in [6, 6.07) is 25.1. The molecule has 0 spiro atoms. The summed E-state index contributed by atoms with van der Waals surface area (Å²) in [6.07, 6.45) is 0. The minimum absolute atomic E-state index is 0.155. The van der Waals surface area contributed by atoms with E-state index in [1.807, 2.05) is 60.7 Å². The van der Waals surface area contributed by atoms with Crippen LogP contribution in [0.1, 0.15) is 11.6 Å². The number of carboxylic acid groups (broad SMARTS) is 1. The Balaban J connectivity index is 1.39. The van der Waals surface area contributed by atoms with Crippen LogP contribution in [0.3, 0.4) is 0 Å². The Hall–Kier alpha value is -3.66. The average Bonchev–Trinajstić information content (AvgIpc) is 3.40. The van der Waals surface area contributed by atoms with Crippen molar-refractivity contribution in [3.8, 4) is 11.5 Å². The van der Waals surface area contributed by atoms with Gasteiger partial charge in [0.25, 0.3) is 0 Å². The van der Waals surface area contributed by atoms with Gasteiger partial charge in [0.1, 0.15) is 11.5 Å². The van der Waals surface area contributed by atoms with E-state index in [-0.39, 0.29) is 6.54 Å². The number of likely N-dealkylation sites (tertiary alicyclic amines) is 1. The molecule has 5 rings (SSSR count). The van der Waals surface area contributed by atoms with Gasteiger partial charge in [-0.05, 0) is 42.0 Å². The van der Waals surface area contributed by atoms with Gasteiger partial charge in [-0.1, -0.05) is 48.5 Å². The van der Waals surface area contributed by atoms with Crippen LogP contribution in [0.5, 0.6) is 11.5 Å². The van der Waals surface area contributed by atoms with Crippen molar-refractivity contribution in [2.75, 3.05) is 18.9 Å². The first kappa shape index (κ1) is 25.0. The summed E-state index contributed by atoms with van der Waals surface area (Å²) in [5.41, 5.74) is -1.32. The Morgan fingerprint density at radius 1 is 0.919 bits per heavy atom. The third kappa shape index (κ3) is 4.61. The molecule has 0 saturated carbocycles. The summed E-state index contributed by atoms with van der Waals surface area (Å²) in [7, 11) is 0. The molecule has 0 aromatic heterocycles. The summed E-state index contributed by atoms with van der Waals surface area (Å²) in [5, 5.41) is 23.2. The number of imide groups is 1. The summed E-state index contributed by atoms with van der Waals surface area (Å²) in [6.45, 7) is -0.664. The number of nitrogens with zero attached hydrogens (tertiary/aromatic N) is 1. The maximum Gasteiger partial charge on any atom is 0.327 e. The lowest BCUT2D eigenvalue weighted by molar-refractivity contribution is -0.153. The number of aliphatic hydroxyl groups excluding tert-OH is 1. The second-order valence-corrected chi connectivity index (χ2v) is 10.2. The van der Waals surface area contributed by atoms with Crippen LogP contribution in [0, 0.1) is 11.8 Å². The van der Waals surface area contributed by atoms with Gasteiger partial charge in [-0.3, -0.25) is 24.6 Å². The largest absolute Gasteiger partial charge is 0.480 e. The van der Waals surface area contributed by atoms with Crippen LogP contribution in [-0.2, 0) is 14.4 Å². The Kier molecular flexibility index (Phi) is 7.01. The lowest BCUT2D eigenvalue weighted by Gasteiger charge is -2.29. The van der Waals surface area contributed by atoms with E-state index in [1.165, 1.54) is 11.8 Å². The summed E-state index contributed by atoms with van der Waals surface area (Å²) in [5.74, 6) is -2.80. The minimum Gasteiger partial charge on any atom is -0.480 e. The van der Waals surface area contributed by atoms with Crippen LogP contribution < -0.4 is 10.1 Å². The fraction of sp³-hybridized carbons (Fsp3) is 0.250. The molecule has 190 valence electrons. The van der Waals surface area contributed by atoms with E-state index in [0.717, 1.165) is 9.80 Å². The fourth-order valence-electron chi connectivity index (χ4n) is 5.12. The van der Waals surface area contributed by atoms with Crippen molar-refractivity contribution in [3.05, 3.63) is 90.5 Å². The Morgan fingerprint density at radius 2 is 1.54 bits per heavy atom. The number of amides is 2. The zero-order valence-corrected chi connectivity index (χ0v) is 20.6. The topological polar surface area (TPSA) is 116 Å². The van der Waals surface area contributed by atoms with E-state index in [2.05, 4.69) is 5.32 Å². The van der Waals surface area contributed by atoms with Gasteiger partial charge in [0, 0.05) is 23.2 Å². The van der Waals surface area contributed by atoms with Gasteiger partial charge < -0.3 is 14.9 Å². The fourth-order valence-corrected chi connectivity index (χ4v) is 5.98. The Labute approximate surface area is 218 Å². The van der Waals surface area contributed by atoms with Crippen LogP contribution in [0.15, 0.2) is 89.8 Å². The number of benzene rings is 3. The highest BCUT2D eigenvalue weighted by atomic mass is 32.2. The molecule has 9 heteroatoms. The molecule has 0 bridgehead atoms. The van der Waals surface area contributed by atoms with Gasteiger partial charge in [-0.2, -0.15) is 0 Å². The number of fused-ring (bicyclic) bond motifs is 1. The molecular weight excluding hydrogens is 492 g/mol. The van der Waals surface area contributed by atoms with Crippen LogP contribution in [0.25, 0.3) is 0 Å². The second kappa shape index (κ2) is 10.4. The molecule has 2 aliphatic rings. The van der Waals surface area contributed by atoms with Crippen molar-refractivity contribution in [1.82, 2.24) is 10.2 Å². The Bertz CT molecular complexity index is 1290.